The Morgan fingerprint density at radius 1 is 0.781 bits per heavy atom. The highest BCUT2D eigenvalue weighted by atomic mass is 19.1. The molecule has 0 nitrogen and oxygen atoms in total. The van der Waals surface area contributed by atoms with E-state index in [4.69, 9.17) is 0 Å². The van der Waals surface area contributed by atoms with Gasteiger partial charge in [0.25, 0.3) is 0 Å². The van der Waals surface area contributed by atoms with Gasteiger partial charge in [0.15, 0.2) is 0 Å². The molecule has 0 saturated carbocycles. The number of hydrogen-bond acceptors (Lipinski definition) is 0. The Hall–Kier alpha value is -2.88. The van der Waals surface area contributed by atoms with E-state index in [9.17, 15) is 8.78 Å². The lowest BCUT2D eigenvalue weighted by Crippen LogP contribution is -2.16. The maximum Gasteiger partial charge on any atom is 0.134 e. The van der Waals surface area contributed by atoms with Crippen molar-refractivity contribution >= 4 is 21.5 Å². The summed E-state index contributed by atoms with van der Waals surface area (Å²) in [5.74, 6) is -1.31. The molecule has 0 heterocycles. The summed E-state index contributed by atoms with van der Waals surface area (Å²) in [5, 5.41) is 2.12. The number of halogens is 4. The van der Waals surface area contributed by atoms with Gasteiger partial charge in [-0.2, -0.15) is 0 Å². The van der Waals surface area contributed by atoms with E-state index in [2.05, 4.69) is 6.92 Å². The normalized spacial score (nSPS) is 16.0. The number of hydrogen-bond donors (Lipinski definition) is 0. The second-order valence-corrected chi connectivity index (χ2v) is 9.13. The van der Waals surface area contributed by atoms with Crippen LogP contribution in [-0.2, 0) is 25.7 Å². The Bertz CT molecular complexity index is 1370. The van der Waals surface area contributed by atoms with Crippen LogP contribution in [0.3, 0.4) is 0 Å². The molecule has 0 aromatic heterocycles. The van der Waals surface area contributed by atoms with Crippen molar-refractivity contribution in [1.29, 1.82) is 0 Å². The Morgan fingerprint density at radius 3 is 2.19 bits per heavy atom. The summed E-state index contributed by atoms with van der Waals surface area (Å²) in [6.07, 6.45) is 2.47. The van der Waals surface area contributed by atoms with Crippen LogP contribution in [0, 0.1) is 36.1 Å². The molecule has 4 aromatic rings. The molecule has 0 spiro atoms. The maximum absolute atomic E-state index is 15.3. The third-order valence-corrected chi connectivity index (χ3v) is 6.95. The van der Waals surface area contributed by atoms with E-state index >= 15 is 8.78 Å². The third kappa shape index (κ3) is 3.37. The lowest BCUT2D eigenvalue weighted by Gasteiger charge is -2.23. The highest BCUT2D eigenvalue weighted by Gasteiger charge is 2.23. The molecule has 0 bridgehead atoms. The zero-order valence-electron chi connectivity index (χ0n) is 18.2. The summed E-state index contributed by atoms with van der Waals surface area (Å²) in [6.45, 7) is 3.79. The molecule has 1 aliphatic rings. The lowest BCUT2D eigenvalue weighted by atomic mass is 9.83. The van der Waals surface area contributed by atoms with Crippen LogP contribution >= 0.6 is 0 Å². The van der Waals surface area contributed by atoms with Gasteiger partial charge in [-0.05, 0) is 84.0 Å². The van der Waals surface area contributed by atoms with E-state index in [0.717, 1.165) is 12.0 Å². The fraction of sp³-hybridized carbons (Fsp3) is 0.286. The molecule has 0 saturated heterocycles. The largest absolute Gasteiger partial charge is 0.207 e. The first-order valence-electron chi connectivity index (χ1n) is 11.1. The van der Waals surface area contributed by atoms with Gasteiger partial charge in [0.2, 0.25) is 0 Å². The summed E-state index contributed by atoms with van der Waals surface area (Å²) in [7, 11) is 0. The number of benzene rings is 4. The van der Waals surface area contributed by atoms with E-state index in [0.29, 0.717) is 57.0 Å². The second-order valence-electron chi connectivity index (χ2n) is 9.13. The molecule has 4 heteroatoms. The molecular formula is C28H24F4. The van der Waals surface area contributed by atoms with E-state index in [1.165, 1.54) is 6.07 Å². The lowest BCUT2D eigenvalue weighted by molar-refractivity contribution is 0.467. The topological polar surface area (TPSA) is 0 Å². The van der Waals surface area contributed by atoms with Crippen LogP contribution in [0.2, 0.25) is 0 Å². The van der Waals surface area contributed by atoms with Crippen LogP contribution in [0.15, 0.2) is 42.5 Å². The van der Waals surface area contributed by atoms with Gasteiger partial charge in [0, 0.05) is 16.3 Å². The molecule has 32 heavy (non-hydrogen) atoms. The monoisotopic (exact) mass is 436 g/mol. The van der Waals surface area contributed by atoms with Crippen LogP contribution in [0.25, 0.3) is 21.5 Å². The van der Waals surface area contributed by atoms with Crippen molar-refractivity contribution in [3.8, 4) is 0 Å². The minimum Gasteiger partial charge on any atom is -0.207 e. The SMILES string of the molecule is Cc1ccc2c(ccc3c(F)c(CCc4c(F)cc5c(c4F)CCC(C)C5)ccc32)c1F. The van der Waals surface area contributed by atoms with Gasteiger partial charge in [0.05, 0.1) is 0 Å². The molecule has 0 amide bonds. The van der Waals surface area contributed by atoms with Gasteiger partial charge in [-0.25, -0.2) is 17.6 Å². The summed E-state index contributed by atoms with van der Waals surface area (Å²) >= 11 is 0. The van der Waals surface area contributed by atoms with Crippen LogP contribution in [0.1, 0.15) is 41.2 Å². The van der Waals surface area contributed by atoms with Crippen LogP contribution in [0.5, 0.6) is 0 Å². The van der Waals surface area contributed by atoms with E-state index in [1.54, 1.807) is 43.3 Å². The van der Waals surface area contributed by atoms with Gasteiger partial charge in [-0.15, -0.1) is 0 Å². The molecule has 164 valence electrons. The van der Waals surface area contributed by atoms with Crippen LogP contribution in [-0.4, -0.2) is 0 Å². The molecule has 1 unspecified atom stereocenters. The van der Waals surface area contributed by atoms with E-state index in [1.807, 2.05) is 0 Å². The predicted molar refractivity (Wildman–Crippen MR) is 121 cm³/mol. The number of aryl methyl sites for hydroxylation is 2. The van der Waals surface area contributed by atoms with Crippen molar-refractivity contribution in [2.45, 2.75) is 46.0 Å². The molecule has 5 rings (SSSR count). The first kappa shape index (κ1) is 21.0. The maximum atomic E-state index is 15.3. The fourth-order valence-electron chi connectivity index (χ4n) is 5.06. The van der Waals surface area contributed by atoms with E-state index in [-0.39, 0.29) is 24.2 Å². The summed E-state index contributed by atoms with van der Waals surface area (Å²) < 4.78 is 59.6. The zero-order valence-corrected chi connectivity index (χ0v) is 18.2. The Morgan fingerprint density at radius 2 is 1.44 bits per heavy atom. The highest BCUT2D eigenvalue weighted by molar-refractivity contribution is 6.08. The minimum absolute atomic E-state index is 0.0360. The van der Waals surface area contributed by atoms with E-state index < -0.39 is 17.5 Å². The van der Waals surface area contributed by atoms with Crippen molar-refractivity contribution in [2.24, 2.45) is 5.92 Å². The fourth-order valence-corrected chi connectivity index (χ4v) is 5.06. The van der Waals surface area contributed by atoms with Crippen LogP contribution < -0.4 is 0 Å². The van der Waals surface area contributed by atoms with Crippen molar-refractivity contribution in [3.63, 3.8) is 0 Å². The molecule has 0 N–H and O–H groups in total. The zero-order chi connectivity index (χ0) is 22.6. The van der Waals surface area contributed by atoms with Crippen molar-refractivity contribution in [3.05, 3.63) is 93.6 Å². The molecule has 1 atom stereocenters. The Kier molecular flexibility index (Phi) is 5.19. The van der Waals surface area contributed by atoms with Gasteiger partial charge < -0.3 is 0 Å². The molecular weight excluding hydrogens is 412 g/mol. The first-order valence-corrected chi connectivity index (χ1v) is 11.1. The molecule has 4 aromatic carbocycles. The third-order valence-electron chi connectivity index (χ3n) is 6.95. The minimum atomic E-state index is -0.548. The summed E-state index contributed by atoms with van der Waals surface area (Å²) in [4.78, 5) is 0. The van der Waals surface area contributed by atoms with Gasteiger partial charge in [-0.3, -0.25) is 0 Å². The highest BCUT2D eigenvalue weighted by Crippen LogP contribution is 2.33. The second kappa shape index (κ2) is 7.91. The first-order chi connectivity index (χ1) is 15.3. The molecule has 0 fully saturated rings. The van der Waals surface area contributed by atoms with Gasteiger partial charge in [-0.1, -0.05) is 43.3 Å². The molecule has 0 radical (unpaired) electrons. The van der Waals surface area contributed by atoms with Crippen LogP contribution in [0.4, 0.5) is 17.6 Å². The molecule has 0 aliphatic heterocycles. The van der Waals surface area contributed by atoms with Crippen molar-refractivity contribution < 1.29 is 17.6 Å². The Labute approximate surface area is 184 Å². The van der Waals surface area contributed by atoms with Gasteiger partial charge >= 0.3 is 0 Å². The van der Waals surface area contributed by atoms with Crippen molar-refractivity contribution in [2.75, 3.05) is 0 Å². The quantitative estimate of drug-likeness (QED) is 0.227. The summed E-state index contributed by atoms with van der Waals surface area (Å²) in [5.41, 5.74) is 2.34. The smallest absolute Gasteiger partial charge is 0.134 e. The standard InChI is InChI=1S/C28H24F4/c1-15-3-7-19-18(13-15)14-25(29)24(28(19)32)10-6-17-5-9-21-20-8-4-16(2)26(30)22(20)11-12-23(21)27(17)31/h4-5,8-9,11-12,14-15H,3,6-7,10,13H2,1-2H3. The number of rotatable bonds is 3. The van der Waals surface area contributed by atoms with Crippen molar-refractivity contribution in [1.82, 2.24) is 0 Å². The average molecular weight is 436 g/mol. The average Bonchev–Trinajstić information content (AvgIpc) is 2.77. The Balaban J connectivity index is 1.50. The molecule has 1 aliphatic carbocycles. The predicted octanol–water partition coefficient (Wildman–Crippen LogP) is 7.77. The summed E-state index contributed by atoms with van der Waals surface area (Å²) in [6, 6.07) is 11.5. The number of fused-ring (bicyclic) bond motifs is 4. The van der Waals surface area contributed by atoms with Gasteiger partial charge in [0.1, 0.15) is 23.3 Å².